The SMILES string of the molecule is C#CCOCCN(CCOCC#C)c1ccc(/C=C/C2=C(Sc3ccc(C(C)(C)C)cc3)C(=C/C=C/C3=C(C#N)C(=C(\C#N)C(=O)OCCC)/OC3(c3ccccc3)C(F)(F)F)/CC(C)(C)C2)cc1. The summed E-state index contributed by atoms with van der Waals surface area (Å²) in [5.41, 5.74) is -0.925. The van der Waals surface area contributed by atoms with Crippen LogP contribution < -0.4 is 4.90 Å². The molecule has 1 aliphatic heterocycles. The highest BCUT2D eigenvalue weighted by Gasteiger charge is 2.65. The third kappa shape index (κ3) is 13.5. The third-order valence-corrected chi connectivity index (χ3v) is 12.6. The number of rotatable bonds is 19. The van der Waals surface area contributed by atoms with Crippen LogP contribution in [0.25, 0.3) is 6.08 Å². The molecule has 3 aromatic carbocycles. The molecule has 1 aliphatic carbocycles. The maximum absolute atomic E-state index is 15.8. The summed E-state index contributed by atoms with van der Waals surface area (Å²) in [5, 5.41) is 20.6. The summed E-state index contributed by atoms with van der Waals surface area (Å²) in [7, 11) is 0. The van der Waals surface area contributed by atoms with Gasteiger partial charge in [0.15, 0.2) is 11.3 Å². The first kappa shape index (κ1) is 53.3. The van der Waals surface area contributed by atoms with Gasteiger partial charge in [-0.3, -0.25) is 0 Å². The van der Waals surface area contributed by atoms with Gasteiger partial charge in [0.1, 0.15) is 30.9 Å². The van der Waals surface area contributed by atoms with E-state index in [-0.39, 0.29) is 36.2 Å². The van der Waals surface area contributed by atoms with Crippen LogP contribution in [0, 0.1) is 52.8 Å². The Morgan fingerprint density at radius 1 is 0.870 bits per heavy atom. The number of carbonyl (C=O) groups is 1. The Kier molecular flexibility index (Phi) is 18.6. The molecule has 0 radical (unpaired) electrons. The van der Waals surface area contributed by atoms with Gasteiger partial charge in [0.05, 0.1) is 19.8 Å². The first-order chi connectivity index (χ1) is 32.9. The van der Waals surface area contributed by atoms with Crippen LogP contribution >= 0.6 is 11.8 Å². The van der Waals surface area contributed by atoms with Gasteiger partial charge in [0.2, 0.25) is 0 Å². The summed E-state index contributed by atoms with van der Waals surface area (Å²) in [6.45, 7) is 14.9. The fourth-order valence-corrected chi connectivity index (χ4v) is 9.05. The molecule has 69 heavy (non-hydrogen) atoms. The minimum atomic E-state index is -5.16. The number of alkyl halides is 3. The van der Waals surface area contributed by atoms with Crippen molar-refractivity contribution in [3.8, 4) is 36.8 Å². The average molecular weight is 954 g/mol. The van der Waals surface area contributed by atoms with Gasteiger partial charge >= 0.3 is 12.1 Å². The molecule has 0 N–H and O–H groups in total. The number of nitriles is 2. The zero-order valence-electron chi connectivity index (χ0n) is 40.0. The van der Waals surface area contributed by atoms with E-state index in [1.807, 2.05) is 30.3 Å². The number of terminal acetylenes is 2. The second kappa shape index (κ2) is 24.1. The van der Waals surface area contributed by atoms with Gasteiger partial charge < -0.3 is 23.8 Å². The highest BCUT2D eigenvalue weighted by atomic mass is 32.2. The Hall–Kier alpha value is -6.67. The minimum Gasteiger partial charge on any atom is -0.465 e. The molecule has 0 aromatic heterocycles. The van der Waals surface area contributed by atoms with Crippen molar-refractivity contribution >= 4 is 29.5 Å². The van der Waals surface area contributed by atoms with E-state index in [0.29, 0.717) is 45.6 Å². The number of benzene rings is 3. The third-order valence-electron chi connectivity index (χ3n) is 11.3. The Balaban J connectivity index is 1.64. The van der Waals surface area contributed by atoms with Crippen molar-refractivity contribution in [2.75, 3.05) is 51.0 Å². The molecule has 12 heteroatoms. The Morgan fingerprint density at radius 2 is 1.51 bits per heavy atom. The van der Waals surface area contributed by atoms with E-state index in [1.165, 1.54) is 42.0 Å². The molecular weight excluding hydrogens is 896 g/mol. The summed E-state index contributed by atoms with van der Waals surface area (Å²) >= 11 is 1.58. The minimum absolute atomic E-state index is 0.0652. The number of thioether (sulfide) groups is 1. The fourth-order valence-electron chi connectivity index (χ4n) is 8.00. The smallest absolute Gasteiger partial charge is 0.437 e. The average Bonchev–Trinajstić information content (AvgIpc) is 3.66. The first-order valence-electron chi connectivity index (χ1n) is 22.7. The second-order valence-corrected chi connectivity index (χ2v) is 19.3. The van der Waals surface area contributed by atoms with Crippen molar-refractivity contribution < 1.29 is 36.9 Å². The zero-order chi connectivity index (χ0) is 50.2. The Labute approximate surface area is 409 Å². The maximum Gasteiger partial charge on any atom is 0.437 e. The number of nitrogens with zero attached hydrogens (tertiary/aromatic N) is 3. The van der Waals surface area contributed by atoms with Crippen LogP contribution in [0.5, 0.6) is 0 Å². The van der Waals surface area contributed by atoms with Crippen LogP contribution in [0.4, 0.5) is 18.9 Å². The van der Waals surface area contributed by atoms with Crippen LogP contribution in [-0.4, -0.2) is 58.3 Å². The van der Waals surface area contributed by atoms with Crippen molar-refractivity contribution in [1.82, 2.24) is 0 Å². The molecule has 0 bridgehead atoms. The number of esters is 1. The van der Waals surface area contributed by atoms with Crippen molar-refractivity contribution in [3.63, 3.8) is 0 Å². The number of halogens is 3. The van der Waals surface area contributed by atoms with Gasteiger partial charge in [-0.1, -0.05) is 150 Å². The van der Waals surface area contributed by atoms with Crippen LogP contribution in [0.1, 0.15) is 77.5 Å². The van der Waals surface area contributed by atoms with E-state index in [4.69, 9.17) is 31.8 Å². The standard InChI is InChI=1S/C57H58F3N3O5S/c1-9-32-65-35-30-63(31-36-66-33-10-2)46-26-21-41(22-27-46)20-23-43-38-55(7,8)37-42(52(43)69-47-28-24-44(25-29-47)54(4,5)6)16-15-19-50-48(39-61)51(49(40-62)53(64)67-34-11-3)68-56(50,57(58,59)60)45-17-13-12-14-18-45/h1-2,12-29H,11,30-38H2,3-8H3/b19-15+,23-20+,42-16+,51-49-. The zero-order valence-corrected chi connectivity index (χ0v) is 40.9. The predicted octanol–water partition coefficient (Wildman–Crippen LogP) is 12.5. The van der Waals surface area contributed by atoms with E-state index in [9.17, 15) is 15.3 Å². The molecule has 0 spiro atoms. The van der Waals surface area contributed by atoms with Gasteiger partial charge in [0.25, 0.3) is 5.60 Å². The predicted molar refractivity (Wildman–Crippen MR) is 267 cm³/mol. The highest BCUT2D eigenvalue weighted by Crippen LogP contribution is 2.56. The molecule has 0 saturated carbocycles. The lowest BCUT2D eigenvalue weighted by molar-refractivity contribution is -0.249. The summed E-state index contributed by atoms with van der Waals surface area (Å²) in [4.78, 5) is 17.1. The van der Waals surface area contributed by atoms with Crippen LogP contribution in [-0.2, 0) is 34.8 Å². The summed E-state index contributed by atoms with van der Waals surface area (Å²) in [5.74, 6) is 3.00. The molecule has 5 rings (SSSR count). The Bertz CT molecular complexity index is 2640. The molecular formula is C57H58F3N3O5S. The maximum atomic E-state index is 15.8. The van der Waals surface area contributed by atoms with E-state index in [1.54, 1.807) is 36.9 Å². The lowest BCUT2D eigenvalue weighted by Crippen LogP contribution is -2.43. The van der Waals surface area contributed by atoms with Crippen molar-refractivity contribution in [3.05, 3.63) is 158 Å². The van der Waals surface area contributed by atoms with E-state index < -0.39 is 40.2 Å². The molecule has 1 unspecified atom stereocenters. The molecule has 3 aromatic rings. The molecule has 1 atom stereocenters. The van der Waals surface area contributed by atoms with E-state index in [2.05, 4.69) is 87.8 Å². The van der Waals surface area contributed by atoms with Crippen LogP contribution in [0.2, 0.25) is 0 Å². The molecule has 0 saturated heterocycles. The number of carbonyl (C=O) groups excluding carboxylic acids is 1. The van der Waals surface area contributed by atoms with Crippen LogP contribution in [0.3, 0.4) is 0 Å². The van der Waals surface area contributed by atoms with Crippen molar-refractivity contribution in [2.24, 2.45) is 5.41 Å². The summed E-state index contributed by atoms with van der Waals surface area (Å²) < 4.78 is 69.4. The molecule has 0 fully saturated rings. The first-order valence-corrected chi connectivity index (χ1v) is 23.5. The number of ether oxygens (including phenoxy) is 4. The van der Waals surface area contributed by atoms with Crippen molar-refractivity contribution in [2.45, 2.75) is 82.9 Å². The topological polar surface area (TPSA) is 105 Å². The lowest BCUT2D eigenvalue weighted by atomic mass is 9.74. The van der Waals surface area contributed by atoms with Gasteiger partial charge in [-0.25, -0.2) is 4.79 Å². The van der Waals surface area contributed by atoms with Gasteiger partial charge in [0, 0.05) is 39.7 Å². The Morgan fingerprint density at radius 3 is 2.06 bits per heavy atom. The molecule has 2 aliphatic rings. The molecule has 1 heterocycles. The fraction of sp³-hybridized carbons (Fsp3) is 0.351. The van der Waals surface area contributed by atoms with Gasteiger partial charge in [-0.2, -0.15) is 23.7 Å². The molecule has 0 amide bonds. The van der Waals surface area contributed by atoms with Gasteiger partial charge in [-0.05, 0) is 76.6 Å². The molecule has 358 valence electrons. The highest BCUT2D eigenvalue weighted by molar-refractivity contribution is 8.03. The normalized spacial score (nSPS) is 18.4. The lowest BCUT2D eigenvalue weighted by Gasteiger charge is -2.34. The summed E-state index contributed by atoms with van der Waals surface area (Å²) in [6.07, 6.45) is 15.9. The number of hydrogen-bond acceptors (Lipinski definition) is 9. The number of anilines is 1. The van der Waals surface area contributed by atoms with Gasteiger partial charge in [-0.15, -0.1) is 12.8 Å². The second-order valence-electron chi connectivity index (χ2n) is 18.2. The van der Waals surface area contributed by atoms with Crippen LogP contribution in [0.15, 0.2) is 147 Å². The largest absolute Gasteiger partial charge is 0.465 e. The van der Waals surface area contributed by atoms with Crippen molar-refractivity contribution in [1.29, 1.82) is 10.5 Å². The van der Waals surface area contributed by atoms with E-state index >= 15 is 13.2 Å². The number of hydrogen-bond donors (Lipinski definition) is 0. The van der Waals surface area contributed by atoms with E-state index in [0.717, 1.165) is 32.2 Å². The number of allylic oxidation sites excluding steroid dienone is 6. The monoisotopic (exact) mass is 953 g/mol. The molecule has 8 nitrogen and oxygen atoms in total. The quantitative estimate of drug-likeness (QED) is 0.0382. The summed E-state index contributed by atoms with van der Waals surface area (Å²) in [6, 6.07) is 26.9.